The number of rotatable bonds is 7. The molecule has 7 heteroatoms. The highest BCUT2D eigenvalue weighted by molar-refractivity contribution is 7.85. The van der Waals surface area contributed by atoms with Gasteiger partial charge in [-0.05, 0) is 18.9 Å². The Bertz CT molecular complexity index is 602. The minimum absolute atomic E-state index is 0.0118. The largest absolute Gasteiger partial charge is 0.357 e. The third-order valence-electron chi connectivity index (χ3n) is 3.58. The van der Waals surface area contributed by atoms with E-state index in [9.17, 15) is 13.2 Å². The van der Waals surface area contributed by atoms with E-state index in [4.69, 9.17) is 8.92 Å². The lowest BCUT2D eigenvalue weighted by molar-refractivity contribution is -0.121. The SMILES string of the molecule is CC(=O)C(COS(C)(=O)=O)CC1CO[C@H](c2ccccc2)N1. The van der Waals surface area contributed by atoms with Crippen LogP contribution >= 0.6 is 0 Å². The van der Waals surface area contributed by atoms with Crippen LogP contribution < -0.4 is 5.32 Å². The molecule has 1 aromatic carbocycles. The molecule has 1 aliphatic heterocycles. The summed E-state index contributed by atoms with van der Waals surface area (Å²) in [5.41, 5.74) is 1.02. The Hall–Kier alpha value is -1.28. The van der Waals surface area contributed by atoms with Crippen molar-refractivity contribution in [3.8, 4) is 0 Å². The zero-order valence-electron chi connectivity index (χ0n) is 12.7. The average Bonchev–Trinajstić information content (AvgIpc) is 2.91. The van der Waals surface area contributed by atoms with Crippen LogP contribution in [0.15, 0.2) is 30.3 Å². The Balaban J connectivity index is 1.90. The van der Waals surface area contributed by atoms with Crippen molar-refractivity contribution in [2.24, 2.45) is 5.92 Å². The molecule has 6 nitrogen and oxygen atoms in total. The lowest BCUT2D eigenvalue weighted by atomic mass is 9.97. The first-order chi connectivity index (χ1) is 10.3. The van der Waals surface area contributed by atoms with Crippen molar-refractivity contribution in [2.75, 3.05) is 19.5 Å². The van der Waals surface area contributed by atoms with Crippen LogP contribution in [0.4, 0.5) is 0 Å². The molecule has 0 radical (unpaired) electrons. The fourth-order valence-electron chi connectivity index (χ4n) is 2.38. The van der Waals surface area contributed by atoms with E-state index in [1.807, 2.05) is 30.3 Å². The van der Waals surface area contributed by atoms with E-state index >= 15 is 0 Å². The van der Waals surface area contributed by atoms with Gasteiger partial charge in [0.05, 0.1) is 19.5 Å². The number of nitrogens with one attached hydrogen (secondary N) is 1. The molecule has 1 aliphatic rings. The van der Waals surface area contributed by atoms with Crippen molar-refractivity contribution < 1.29 is 22.1 Å². The summed E-state index contributed by atoms with van der Waals surface area (Å²) >= 11 is 0. The predicted molar refractivity (Wildman–Crippen MR) is 81.6 cm³/mol. The second-order valence-electron chi connectivity index (χ2n) is 5.52. The van der Waals surface area contributed by atoms with Crippen molar-refractivity contribution >= 4 is 15.9 Å². The lowest BCUT2D eigenvalue weighted by Crippen LogP contribution is -2.32. The second-order valence-corrected chi connectivity index (χ2v) is 7.16. The molecule has 0 amide bonds. The Morgan fingerprint density at radius 2 is 2.09 bits per heavy atom. The first-order valence-corrected chi connectivity index (χ1v) is 8.94. The number of ketones is 1. The van der Waals surface area contributed by atoms with Crippen LogP contribution in [-0.4, -0.2) is 39.7 Å². The van der Waals surface area contributed by atoms with Crippen molar-refractivity contribution in [3.63, 3.8) is 0 Å². The molecule has 0 bridgehead atoms. The van der Waals surface area contributed by atoms with Gasteiger partial charge in [-0.1, -0.05) is 30.3 Å². The van der Waals surface area contributed by atoms with Crippen LogP contribution in [0.5, 0.6) is 0 Å². The number of Topliss-reactive ketones (excluding diaryl/α,β-unsaturated/α-hetero) is 1. The minimum Gasteiger partial charge on any atom is -0.357 e. The van der Waals surface area contributed by atoms with Gasteiger partial charge in [-0.2, -0.15) is 8.42 Å². The number of hydrogen-bond acceptors (Lipinski definition) is 6. The molecule has 122 valence electrons. The highest BCUT2D eigenvalue weighted by Gasteiger charge is 2.29. The zero-order valence-corrected chi connectivity index (χ0v) is 13.5. The summed E-state index contributed by atoms with van der Waals surface area (Å²) in [5, 5.41) is 3.31. The van der Waals surface area contributed by atoms with Gasteiger partial charge < -0.3 is 4.74 Å². The molecule has 1 fully saturated rings. The normalized spacial score (nSPS) is 23.4. The van der Waals surface area contributed by atoms with E-state index in [1.165, 1.54) is 6.92 Å². The molecule has 1 heterocycles. The van der Waals surface area contributed by atoms with Crippen LogP contribution in [-0.2, 0) is 23.8 Å². The first-order valence-electron chi connectivity index (χ1n) is 7.12. The molecule has 0 aliphatic carbocycles. The van der Waals surface area contributed by atoms with Crippen molar-refractivity contribution in [1.29, 1.82) is 0 Å². The van der Waals surface area contributed by atoms with E-state index in [-0.39, 0.29) is 24.7 Å². The third-order valence-corrected chi connectivity index (χ3v) is 4.14. The fraction of sp³-hybridized carbons (Fsp3) is 0.533. The van der Waals surface area contributed by atoms with Gasteiger partial charge >= 0.3 is 0 Å². The van der Waals surface area contributed by atoms with Crippen molar-refractivity contribution in [3.05, 3.63) is 35.9 Å². The molecular formula is C15H21NO5S. The number of ether oxygens (including phenoxy) is 1. The first kappa shape index (κ1) is 17.1. The summed E-state index contributed by atoms with van der Waals surface area (Å²) in [7, 11) is -3.54. The summed E-state index contributed by atoms with van der Waals surface area (Å²) in [6, 6.07) is 9.73. The van der Waals surface area contributed by atoms with E-state index < -0.39 is 16.0 Å². The quantitative estimate of drug-likeness (QED) is 0.759. The summed E-state index contributed by atoms with van der Waals surface area (Å²) in [6.45, 7) is 1.80. The monoisotopic (exact) mass is 327 g/mol. The van der Waals surface area contributed by atoms with Crippen LogP contribution in [0.3, 0.4) is 0 Å². The van der Waals surface area contributed by atoms with Crippen molar-refractivity contribution in [2.45, 2.75) is 25.6 Å². The third kappa shape index (κ3) is 5.17. The molecule has 0 saturated carbocycles. The van der Waals surface area contributed by atoms with E-state index in [1.54, 1.807) is 0 Å². The smallest absolute Gasteiger partial charge is 0.264 e. The maximum absolute atomic E-state index is 11.7. The molecule has 2 rings (SSSR count). The number of carbonyl (C=O) groups excluding carboxylic acids is 1. The van der Waals surface area contributed by atoms with Crippen LogP contribution in [0.2, 0.25) is 0 Å². The summed E-state index contributed by atoms with van der Waals surface area (Å²) in [5.74, 6) is -0.557. The molecule has 1 N–H and O–H groups in total. The molecule has 3 atom stereocenters. The molecule has 0 aromatic heterocycles. The van der Waals surface area contributed by atoms with Gasteiger partial charge in [0.15, 0.2) is 0 Å². The summed E-state index contributed by atoms with van der Waals surface area (Å²) < 4.78 is 32.6. The van der Waals surface area contributed by atoms with Crippen LogP contribution in [0.1, 0.15) is 25.1 Å². The molecule has 0 spiro atoms. The van der Waals surface area contributed by atoms with Gasteiger partial charge in [0.2, 0.25) is 0 Å². The van der Waals surface area contributed by atoms with Gasteiger partial charge in [0.25, 0.3) is 10.1 Å². The number of carbonyl (C=O) groups is 1. The Morgan fingerprint density at radius 1 is 1.41 bits per heavy atom. The van der Waals surface area contributed by atoms with Gasteiger partial charge in [0, 0.05) is 12.0 Å². The summed E-state index contributed by atoms with van der Waals surface area (Å²) in [4.78, 5) is 11.7. The maximum Gasteiger partial charge on any atom is 0.264 e. The zero-order chi connectivity index (χ0) is 16.2. The molecule has 1 saturated heterocycles. The number of hydrogen-bond donors (Lipinski definition) is 1. The Kier molecular flexibility index (Phi) is 5.69. The van der Waals surface area contributed by atoms with Gasteiger partial charge in [-0.15, -0.1) is 0 Å². The topological polar surface area (TPSA) is 81.7 Å². The highest BCUT2D eigenvalue weighted by atomic mass is 32.2. The predicted octanol–water partition coefficient (Wildman–Crippen LogP) is 1.25. The Labute approximate surface area is 130 Å². The summed E-state index contributed by atoms with van der Waals surface area (Å²) in [6.07, 6.45) is 1.26. The van der Waals surface area contributed by atoms with Crippen LogP contribution in [0.25, 0.3) is 0 Å². The molecule has 22 heavy (non-hydrogen) atoms. The lowest BCUT2D eigenvalue weighted by Gasteiger charge is -2.18. The highest BCUT2D eigenvalue weighted by Crippen LogP contribution is 2.23. The maximum atomic E-state index is 11.7. The second kappa shape index (κ2) is 7.32. The van der Waals surface area contributed by atoms with Gasteiger partial charge in [-0.25, -0.2) is 0 Å². The van der Waals surface area contributed by atoms with Crippen molar-refractivity contribution in [1.82, 2.24) is 5.32 Å². The molecule has 2 unspecified atom stereocenters. The van der Waals surface area contributed by atoms with E-state index in [0.717, 1.165) is 11.8 Å². The average molecular weight is 327 g/mol. The van der Waals surface area contributed by atoms with Gasteiger partial charge in [0.1, 0.15) is 12.0 Å². The van der Waals surface area contributed by atoms with E-state index in [0.29, 0.717) is 13.0 Å². The van der Waals surface area contributed by atoms with Gasteiger partial charge in [-0.3, -0.25) is 14.3 Å². The standard InChI is InChI=1S/C15H21NO5S/c1-11(17)13(9-21-22(2,18)19)8-14-10-20-15(16-14)12-6-4-3-5-7-12/h3-7,13-16H,8-10H2,1-2H3/t13?,14?,15-/m1/s1. The number of benzene rings is 1. The van der Waals surface area contributed by atoms with E-state index in [2.05, 4.69) is 5.32 Å². The molecular weight excluding hydrogens is 306 g/mol. The Morgan fingerprint density at radius 3 is 2.68 bits per heavy atom. The van der Waals surface area contributed by atoms with Crippen LogP contribution in [0, 0.1) is 5.92 Å². The molecule has 1 aromatic rings. The fourth-order valence-corrected chi connectivity index (χ4v) is 2.79. The minimum atomic E-state index is -3.54.